The van der Waals surface area contributed by atoms with E-state index in [1.54, 1.807) is 0 Å². The Labute approximate surface area is 116 Å². The molecule has 19 heavy (non-hydrogen) atoms. The molecule has 1 atom stereocenters. The normalized spacial score (nSPS) is 19.3. The summed E-state index contributed by atoms with van der Waals surface area (Å²) in [6.45, 7) is 8.88. The Hall–Kier alpha value is -0.900. The molecule has 0 aliphatic carbocycles. The molecule has 3 nitrogen and oxygen atoms in total. The van der Waals surface area contributed by atoms with Gasteiger partial charge in [0.2, 0.25) is 0 Å². The number of nitrogens with zero attached hydrogens (tertiary/aromatic N) is 1. The van der Waals surface area contributed by atoms with Crippen LogP contribution in [-0.2, 0) is 11.3 Å². The quantitative estimate of drug-likeness (QED) is 0.854. The topological polar surface area (TPSA) is 38.5 Å². The van der Waals surface area contributed by atoms with Gasteiger partial charge in [-0.1, -0.05) is 23.8 Å². The van der Waals surface area contributed by atoms with E-state index in [1.165, 1.54) is 29.5 Å². The van der Waals surface area contributed by atoms with Crippen LogP contribution in [0.3, 0.4) is 0 Å². The average Bonchev–Trinajstić information content (AvgIpc) is 2.87. The summed E-state index contributed by atoms with van der Waals surface area (Å²) in [6.07, 6.45) is 2.79. The van der Waals surface area contributed by atoms with E-state index in [0.717, 1.165) is 26.2 Å². The third kappa shape index (κ3) is 4.30. The Balaban J connectivity index is 2.00. The van der Waals surface area contributed by atoms with Crippen LogP contribution in [0.5, 0.6) is 0 Å². The molecule has 1 aromatic rings. The minimum Gasteiger partial charge on any atom is -0.377 e. The van der Waals surface area contributed by atoms with Gasteiger partial charge in [-0.2, -0.15) is 0 Å². The standard InChI is InChI=1S/C16H26N2O/c1-13-5-6-14(2)15(10-13)11-18(8-7-17)12-16-4-3-9-19-16/h5-6,10,16H,3-4,7-9,11-12,17H2,1-2H3. The fourth-order valence-corrected chi connectivity index (χ4v) is 2.71. The minimum atomic E-state index is 0.400. The first-order chi connectivity index (χ1) is 9.19. The maximum atomic E-state index is 5.74. The Bertz CT molecular complexity index is 400. The van der Waals surface area contributed by atoms with Gasteiger partial charge in [0, 0.05) is 32.8 Å². The van der Waals surface area contributed by atoms with Crippen molar-refractivity contribution in [2.75, 3.05) is 26.2 Å². The van der Waals surface area contributed by atoms with E-state index in [4.69, 9.17) is 10.5 Å². The molecule has 3 heteroatoms. The second-order valence-corrected chi connectivity index (χ2v) is 5.59. The van der Waals surface area contributed by atoms with Crippen LogP contribution in [0.2, 0.25) is 0 Å². The molecule has 1 fully saturated rings. The minimum absolute atomic E-state index is 0.400. The summed E-state index contributed by atoms with van der Waals surface area (Å²) in [5, 5.41) is 0. The number of hydrogen-bond acceptors (Lipinski definition) is 3. The van der Waals surface area contributed by atoms with E-state index in [9.17, 15) is 0 Å². The van der Waals surface area contributed by atoms with Gasteiger partial charge in [-0.15, -0.1) is 0 Å². The summed E-state index contributed by atoms with van der Waals surface area (Å²) in [7, 11) is 0. The monoisotopic (exact) mass is 262 g/mol. The molecule has 0 saturated carbocycles. The van der Waals surface area contributed by atoms with Gasteiger partial charge in [-0.3, -0.25) is 4.90 Å². The van der Waals surface area contributed by atoms with E-state index in [-0.39, 0.29) is 0 Å². The van der Waals surface area contributed by atoms with Gasteiger partial charge in [-0.25, -0.2) is 0 Å². The van der Waals surface area contributed by atoms with Crippen molar-refractivity contribution in [1.82, 2.24) is 4.90 Å². The van der Waals surface area contributed by atoms with Crippen molar-refractivity contribution in [2.45, 2.75) is 39.3 Å². The van der Waals surface area contributed by atoms with Gasteiger partial charge in [0.25, 0.3) is 0 Å². The summed E-state index contributed by atoms with van der Waals surface area (Å²) in [5.41, 5.74) is 9.84. The van der Waals surface area contributed by atoms with Gasteiger partial charge in [0.1, 0.15) is 0 Å². The Morgan fingerprint density at radius 3 is 2.89 bits per heavy atom. The highest BCUT2D eigenvalue weighted by Crippen LogP contribution is 2.17. The molecule has 1 heterocycles. The zero-order chi connectivity index (χ0) is 13.7. The van der Waals surface area contributed by atoms with Crippen molar-refractivity contribution < 1.29 is 4.74 Å². The molecule has 106 valence electrons. The van der Waals surface area contributed by atoms with E-state index in [2.05, 4.69) is 36.9 Å². The van der Waals surface area contributed by atoms with Crippen LogP contribution in [0.25, 0.3) is 0 Å². The SMILES string of the molecule is Cc1ccc(C)c(CN(CCN)CC2CCCO2)c1. The van der Waals surface area contributed by atoms with Crippen molar-refractivity contribution in [3.05, 3.63) is 34.9 Å². The Kier molecular flexibility index (Phi) is 5.37. The lowest BCUT2D eigenvalue weighted by molar-refractivity contribution is 0.0716. The third-order valence-electron chi connectivity index (χ3n) is 3.83. The average molecular weight is 262 g/mol. The first-order valence-corrected chi connectivity index (χ1v) is 7.29. The van der Waals surface area contributed by atoms with Crippen molar-refractivity contribution in [3.8, 4) is 0 Å². The highest BCUT2D eigenvalue weighted by atomic mass is 16.5. The lowest BCUT2D eigenvalue weighted by Gasteiger charge is -2.25. The van der Waals surface area contributed by atoms with E-state index < -0.39 is 0 Å². The van der Waals surface area contributed by atoms with Gasteiger partial charge in [0.05, 0.1) is 6.10 Å². The number of hydrogen-bond donors (Lipinski definition) is 1. The zero-order valence-corrected chi connectivity index (χ0v) is 12.2. The van der Waals surface area contributed by atoms with Crippen LogP contribution < -0.4 is 5.73 Å². The molecule has 1 unspecified atom stereocenters. The van der Waals surface area contributed by atoms with Crippen LogP contribution in [0.15, 0.2) is 18.2 Å². The van der Waals surface area contributed by atoms with Crippen LogP contribution in [0, 0.1) is 13.8 Å². The predicted molar refractivity (Wildman–Crippen MR) is 79.2 cm³/mol. The molecule has 2 N–H and O–H groups in total. The molecule has 0 bridgehead atoms. The number of benzene rings is 1. The molecule has 2 rings (SSSR count). The molecule has 1 aliphatic rings. The van der Waals surface area contributed by atoms with Crippen LogP contribution >= 0.6 is 0 Å². The van der Waals surface area contributed by atoms with E-state index in [1.807, 2.05) is 0 Å². The van der Waals surface area contributed by atoms with Gasteiger partial charge in [-0.05, 0) is 37.8 Å². The second kappa shape index (κ2) is 7.04. The lowest BCUT2D eigenvalue weighted by atomic mass is 10.0. The third-order valence-corrected chi connectivity index (χ3v) is 3.83. The maximum absolute atomic E-state index is 5.74. The molecule has 0 spiro atoms. The predicted octanol–water partition coefficient (Wildman–Crippen LogP) is 2.24. The Morgan fingerprint density at radius 2 is 2.21 bits per heavy atom. The van der Waals surface area contributed by atoms with Crippen molar-refractivity contribution >= 4 is 0 Å². The van der Waals surface area contributed by atoms with E-state index in [0.29, 0.717) is 12.6 Å². The summed E-state index contributed by atoms with van der Waals surface area (Å²) in [4.78, 5) is 2.43. The molecule has 1 aliphatic heterocycles. The first-order valence-electron chi connectivity index (χ1n) is 7.29. The molecule has 0 aromatic heterocycles. The smallest absolute Gasteiger partial charge is 0.0702 e. The molecular formula is C16H26N2O. The summed E-state index contributed by atoms with van der Waals surface area (Å²) < 4.78 is 5.74. The highest BCUT2D eigenvalue weighted by Gasteiger charge is 2.19. The molecule has 1 saturated heterocycles. The largest absolute Gasteiger partial charge is 0.377 e. The first kappa shape index (κ1) is 14.5. The summed E-state index contributed by atoms with van der Waals surface area (Å²) >= 11 is 0. The summed E-state index contributed by atoms with van der Waals surface area (Å²) in [5.74, 6) is 0. The van der Waals surface area contributed by atoms with Crippen molar-refractivity contribution in [2.24, 2.45) is 5.73 Å². The van der Waals surface area contributed by atoms with Crippen LogP contribution in [0.4, 0.5) is 0 Å². The number of nitrogens with two attached hydrogens (primary N) is 1. The number of rotatable bonds is 6. The van der Waals surface area contributed by atoms with Gasteiger partial charge >= 0.3 is 0 Å². The fraction of sp³-hybridized carbons (Fsp3) is 0.625. The number of aryl methyl sites for hydroxylation is 2. The lowest BCUT2D eigenvalue weighted by Crippen LogP contribution is -2.35. The zero-order valence-electron chi connectivity index (χ0n) is 12.2. The summed E-state index contributed by atoms with van der Waals surface area (Å²) in [6, 6.07) is 6.66. The van der Waals surface area contributed by atoms with Gasteiger partial charge in [0.15, 0.2) is 0 Å². The maximum Gasteiger partial charge on any atom is 0.0702 e. The second-order valence-electron chi connectivity index (χ2n) is 5.59. The van der Waals surface area contributed by atoms with Crippen molar-refractivity contribution in [1.29, 1.82) is 0 Å². The highest BCUT2D eigenvalue weighted by molar-refractivity contribution is 5.30. The van der Waals surface area contributed by atoms with Crippen LogP contribution in [-0.4, -0.2) is 37.2 Å². The van der Waals surface area contributed by atoms with Gasteiger partial charge < -0.3 is 10.5 Å². The molecule has 1 aromatic carbocycles. The van der Waals surface area contributed by atoms with Crippen LogP contribution in [0.1, 0.15) is 29.5 Å². The molecule has 0 amide bonds. The molecular weight excluding hydrogens is 236 g/mol. The fourth-order valence-electron chi connectivity index (χ4n) is 2.71. The number of ether oxygens (including phenoxy) is 1. The van der Waals surface area contributed by atoms with Crippen molar-refractivity contribution in [3.63, 3.8) is 0 Å². The van der Waals surface area contributed by atoms with E-state index >= 15 is 0 Å². The molecule has 0 radical (unpaired) electrons. The Morgan fingerprint density at radius 1 is 1.37 bits per heavy atom.